The minimum absolute atomic E-state index is 0.0683. The van der Waals surface area contributed by atoms with Crippen LogP contribution in [0, 0.1) is 6.92 Å². The summed E-state index contributed by atoms with van der Waals surface area (Å²) >= 11 is 0. The first-order chi connectivity index (χ1) is 13.1. The van der Waals surface area contributed by atoms with Crippen LogP contribution in [0.15, 0.2) is 42.9 Å². The summed E-state index contributed by atoms with van der Waals surface area (Å²) in [7, 11) is 1.64. The van der Waals surface area contributed by atoms with Crippen LogP contribution in [0.4, 0.5) is 5.82 Å². The van der Waals surface area contributed by atoms with Gasteiger partial charge in [0.2, 0.25) is 0 Å². The van der Waals surface area contributed by atoms with Gasteiger partial charge >= 0.3 is 0 Å². The normalized spacial score (nSPS) is 15.7. The fourth-order valence-corrected chi connectivity index (χ4v) is 3.47. The van der Waals surface area contributed by atoms with Crippen molar-refractivity contribution in [2.45, 2.75) is 26.3 Å². The number of rotatable bonds is 4. The van der Waals surface area contributed by atoms with Gasteiger partial charge < -0.3 is 4.74 Å². The molecular weight excluding hydrogens is 342 g/mol. The van der Waals surface area contributed by atoms with Crippen molar-refractivity contribution in [3.05, 3.63) is 59.5 Å². The highest BCUT2D eigenvalue weighted by Gasteiger charge is 2.38. The van der Waals surface area contributed by atoms with E-state index in [1.165, 1.54) is 0 Å². The SMILES string of the molecule is CC[C@@H]1c2cc(OC)c(C)cc2C(=O)N1c1ccnc(-c2ncccn2)n1. The number of hydrogen-bond acceptors (Lipinski definition) is 6. The Labute approximate surface area is 157 Å². The second-order valence-corrected chi connectivity index (χ2v) is 6.32. The van der Waals surface area contributed by atoms with Crippen LogP contribution in [-0.4, -0.2) is 33.0 Å². The van der Waals surface area contributed by atoms with E-state index in [1.54, 1.807) is 42.7 Å². The highest BCUT2D eigenvalue weighted by molar-refractivity contribution is 6.11. The lowest BCUT2D eigenvalue weighted by Gasteiger charge is -2.23. The summed E-state index contributed by atoms with van der Waals surface area (Å²) in [5, 5.41) is 0. The lowest BCUT2D eigenvalue weighted by atomic mass is 10.00. The lowest BCUT2D eigenvalue weighted by Crippen LogP contribution is -2.28. The Hall–Kier alpha value is -3.35. The molecule has 2 aromatic heterocycles. The van der Waals surface area contributed by atoms with Gasteiger partial charge in [-0.1, -0.05) is 6.92 Å². The van der Waals surface area contributed by atoms with Crippen molar-refractivity contribution in [1.29, 1.82) is 0 Å². The Morgan fingerprint density at radius 3 is 2.56 bits per heavy atom. The standard InChI is InChI=1S/C20H19N5O2/c1-4-15-13-11-16(27-3)12(2)10-14(13)20(26)25(15)17-6-9-23-19(24-17)18-21-7-5-8-22-18/h5-11,15H,4H2,1-3H3/t15-/m1/s1. The number of fused-ring (bicyclic) bond motifs is 1. The Morgan fingerprint density at radius 1 is 1.11 bits per heavy atom. The van der Waals surface area contributed by atoms with E-state index in [-0.39, 0.29) is 11.9 Å². The molecule has 0 fully saturated rings. The first-order valence-corrected chi connectivity index (χ1v) is 8.76. The minimum atomic E-state index is -0.110. The molecule has 3 aromatic rings. The van der Waals surface area contributed by atoms with E-state index in [9.17, 15) is 4.79 Å². The molecule has 136 valence electrons. The number of aromatic nitrogens is 4. The number of nitrogens with zero attached hydrogens (tertiary/aromatic N) is 5. The van der Waals surface area contributed by atoms with Crippen LogP contribution < -0.4 is 9.64 Å². The van der Waals surface area contributed by atoms with Gasteiger partial charge in [0, 0.05) is 24.2 Å². The number of benzene rings is 1. The monoisotopic (exact) mass is 361 g/mol. The third-order valence-electron chi connectivity index (χ3n) is 4.73. The Balaban J connectivity index is 1.79. The molecule has 7 nitrogen and oxygen atoms in total. The van der Waals surface area contributed by atoms with Gasteiger partial charge in [-0.15, -0.1) is 0 Å². The molecule has 0 saturated heterocycles. The van der Waals surface area contributed by atoms with Crippen molar-refractivity contribution in [2.24, 2.45) is 0 Å². The molecule has 4 rings (SSSR count). The van der Waals surface area contributed by atoms with Crippen molar-refractivity contribution >= 4 is 11.7 Å². The zero-order chi connectivity index (χ0) is 19.0. The zero-order valence-electron chi connectivity index (χ0n) is 15.4. The van der Waals surface area contributed by atoms with Crippen LogP contribution in [0.5, 0.6) is 5.75 Å². The number of hydrogen-bond donors (Lipinski definition) is 0. The van der Waals surface area contributed by atoms with E-state index in [4.69, 9.17) is 4.74 Å². The summed E-state index contributed by atoms with van der Waals surface area (Å²) in [6.07, 6.45) is 5.66. The van der Waals surface area contributed by atoms with E-state index < -0.39 is 0 Å². The molecule has 1 amide bonds. The molecule has 1 aromatic carbocycles. The summed E-state index contributed by atoms with van der Waals surface area (Å²) < 4.78 is 5.44. The Bertz CT molecular complexity index is 1010. The van der Waals surface area contributed by atoms with Crippen molar-refractivity contribution in [2.75, 3.05) is 12.0 Å². The largest absolute Gasteiger partial charge is 0.496 e. The van der Waals surface area contributed by atoms with Gasteiger partial charge in [-0.25, -0.2) is 19.9 Å². The van der Waals surface area contributed by atoms with E-state index in [1.807, 2.05) is 19.1 Å². The smallest absolute Gasteiger partial charge is 0.260 e. The molecule has 1 aliphatic heterocycles. The molecule has 7 heteroatoms. The fourth-order valence-electron chi connectivity index (χ4n) is 3.47. The van der Waals surface area contributed by atoms with E-state index in [2.05, 4.69) is 26.9 Å². The number of amides is 1. The quantitative estimate of drug-likeness (QED) is 0.709. The van der Waals surface area contributed by atoms with Crippen LogP contribution in [0.25, 0.3) is 11.6 Å². The summed E-state index contributed by atoms with van der Waals surface area (Å²) in [6, 6.07) is 7.21. The second kappa shape index (κ2) is 6.75. The third-order valence-corrected chi connectivity index (χ3v) is 4.73. The van der Waals surface area contributed by atoms with Gasteiger partial charge in [0.05, 0.1) is 13.2 Å². The van der Waals surface area contributed by atoms with Crippen molar-refractivity contribution in [3.63, 3.8) is 0 Å². The maximum atomic E-state index is 13.2. The second-order valence-electron chi connectivity index (χ2n) is 6.32. The number of ether oxygens (including phenoxy) is 1. The minimum Gasteiger partial charge on any atom is -0.496 e. The van der Waals surface area contributed by atoms with Crippen molar-refractivity contribution in [1.82, 2.24) is 19.9 Å². The molecule has 3 heterocycles. The van der Waals surface area contributed by atoms with E-state index in [0.717, 1.165) is 23.3 Å². The van der Waals surface area contributed by atoms with Gasteiger partial charge in [0.25, 0.3) is 5.91 Å². The molecule has 0 aliphatic carbocycles. The molecule has 0 unspecified atom stereocenters. The highest BCUT2D eigenvalue weighted by Crippen LogP contribution is 2.41. The molecule has 27 heavy (non-hydrogen) atoms. The molecule has 0 N–H and O–H groups in total. The van der Waals surface area contributed by atoms with E-state index in [0.29, 0.717) is 23.0 Å². The van der Waals surface area contributed by atoms with Crippen molar-refractivity contribution < 1.29 is 9.53 Å². The zero-order valence-corrected chi connectivity index (χ0v) is 15.4. The summed E-state index contributed by atoms with van der Waals surface area (Å²) in [4.78, 5) is 32.1. The first kappa shape index (κ1) is 17.1. The van der Waals surface area contributed by atoms with Crippen LogP contribution >= 0.6 is 0 Å². The molecule has 1 aliphatic rings. The molecule has 1 atom stereocenters. The number of carbonyl (C=O) groups is 1. The molecule has 0 spiro atoms. The maximum absolute atomic E-state index is 13.2. The van der Waals surface area contributed by atoms with Crippen LogP contribution in [0.2, 0.25) is 0 Å². The lowest BCUT2D eigenvalue weighted by molar-refractivity contribution is 0.0990. The number of carbonyl (C=O) groups excluding carboxylic acids is 1. The summed E-state index contributed by atoms with van der Waals surface area (Å²) in [6.45, 7) is 3.99. The summed E-state index contributed by atoms with van der Waals surface area (Å²) in [5.74, 6) is 2.07. The van der Waals surface area contributed by atoms with E-state index >= 15 is 0 Å². The predicted molar refractivity (Wildman–Crippen MR) is 101 cm³/mol. The third kappa shape index (κ3) is 2.81. The molecular formula is C20H19N5O2. The fraction of sp³-hybridized carbons (Fsp3) is 0.250. The summed E-state index contributed by atoms with van der Waals surface area (Å²) in [5.41, 5.74) is 2.58. The molecule has 0 saturated carbocycles. The van der Waals surface area contributed by atoms with Gasteiger partial charge in [0.15, 0.2) is 11.6 Å². The van der Waals surface area contributed by atoms with Crippen LogP contribution in [-0.2, 0) is 0 Å². The number of aryl methyl sites for hydroxylation is 1. The molecule has 0 bridgehead atoms. The van der Waals surface area contributed by atoms with Crippen LogP contribution in [0.1, 0.15) is 40.9 Å². The van der Waals surface area contributed by atoms with Crippen LogP contribution in [0.3, 0.4) is 0 Å². The molecule has 0 radical (unpaired) electrons. The van der Waals surface area contributed by atoms with Crippen molar-refractivity contribution in [3.8, 4) is 17.4 Å². The van der Waals surface area contributed by atoms with Gasteiger partial charge in [-0.3, -0.25) is 9.69 Å². The maximum Gasteiger partial charge on any atom is 0.260 e. The Kier molecular flexibility index (Phi) is 4.27. The average Bonchev–Trinajstić information content (AvgIpc) is 2.99. The first-order valence-electron chi connectivity index (χ1n) is 8.76. The predicted octanol–water partition coefficient (Wildman–Crippen LogP) is 3.36. The highest BCUT2D eigenvalue weighted by atomic mass is 16.5. The van der Waals surface area contributed by atoms with Gasteiger partial charge in [-0.05, 0) is 48.7 Å². The average molecular weight is 361 g/mol. The number of methoxy groups -OCH3 is 1. The van der Waals surface area contributed by atoms with Gasteiger partial charge in [-0.2, -0.15) is 0 Å². The Morgan fingerprint density at radius 2 is 1.85 bits per heavy atom. The number of anilines is 1. The topological polar surface area (TPSA) is 81.1 Å². The van der Waals surface area contributed by atoms with Gasteiger partial charge in [0.1, 0.15) is 11.6 Å².